The van der Waals surface area contributed by atoms with Crippen LogP contribution in [0.4, 0.5) is 26.3 Å². The van der Waals surface area contributed by atoms with E-state index in [0.717, 1.165) is 20.2 Å². The van der Waals surface area contributed by atoms with E-state index in [4.69, 9.17) is 0 Å². The smallest absolute Gasteiger partial charge is 0.332 e. The summed E-state index contributed by atoms with van der Waals surface area (Å²) in [5.41, 5.74) is -4.28. The summed E-state index contributed by atoms with van der Waals surface area (Å²) < 4.78 is 80.5. The monoisotopic (exact) mass is 570 g/mol. The van der Waals surface area contributed by atoms with Crippen molar-refractivity contribution < 1.29 is 35.9 Å². The van der Waals surface area contributed by atoms with E-state index in [0.29, 0.717) is 12.1 Å². The van der Waals surface area contributed by atoms with E-state index in [1.54, 1.807) is 20.8 Å². The van der Waals surface area contributed by atoms with Crippen LogP contribution in [0.15, 0.2) is 60.7 Å². The Morgan fingerprint density at radius 1 is 0.795 bits per heavy atom. The van der Waals surface area contributed by atoms with Gasteiger partial charge in [-0.2, -0.15) is 26.3 Å². The zero-order chi connectivity index (χ0) is 29.2. The largest absolute Gasteiger partial charge is 0.416 e. The highest BCUT2D eigenvalue weighted by Crippen LogP contribution is 2.37. The normalized spacial score (nSPS) is 12.4. The second kappa shape index (κ2) is 11.4. The first kappa shape index (κ1) is 30.2. The van der Waals surface area contributed by atoms with Crippen LogP contribution in [-0.2, 0) is 30.2 Å². The molecule has 11 heteroatoms. The zero-order valence-corrected chi connectivity index (χ0v) is 22.6. The third kappa shape index (κ3) is 8.08. The van der Waals surface area contributed by atoms with Crippen LogP contribution in [0, 0.1) is 6.92 Å². The van der Waals surface area contributed by atoms with Crippen LogP contribution in [0.2, 0.25) is 0 Å². The van der Waals surface area contributed by atoms with Crippen molar-refractivity contribution in [2.45, 2.75) is 58.7 Å². The summed E-state index contributed by atoms with van der Waals surface area (Å²) in [6.45, 7) is 6.46. The lowest BCUT2D eigenvalue weighted by molar-refractivity contribution is -0.143. The number of amides is 2. The average Bonchev–Trinajstić information content (AvgIpc) is 3.24. The molecule has 0 bridgehead atoms. The van der Waals surface area contributed by atoms with Gasteiger partial charge in [-0.3, -0.25) is 9.59 Å². The topological polar surface area (TPSA) is 40.6 Å². The van der Waals surface area contributed by atoms with Gasteiger partial charge in [0.1, 0.15) is 6.54 Å². The number of halogens is 6. The van der Waals surface area contributed by atoms with Crippen LogP contribution in [0.5, 0.6) is 0 Å². The molecule has 0 fully saturated rings. The maximum absolute atomic E-state index is 13.6. The van der Waals surface area contributed by atoms with Gasteiger partial charge in [0.2, 0.25) is 5.91 Å². The number of nitrogens with zero attached hydrogens (tertiary/aromatic N) is 2. The Labute approximate surface area is 226 Å². The highest BCUT2D eigenvalue weighted by Gasteiger charge is 2.39. The Hall–Kier alpha value is -3.34. The van der Waals surface area contributed by atoms with Crippen LogP contribution in [0.25, 0.3) is 0 Å². The molecule has 39 heavy (non-hydrogen) atoms. The molecule has 210 valence electrons. The van der Waals surface area contributed by atoms with E-state index in [1.165, 1.54) is 16.2 Å². The minimum absolute atomic E-state index is 0.0338. The summed E-state index contributed by atoms with van der Waals surface area (Å²) in [6.07, 6.45) is -10.2. The van der Waals surface area contributed by atoms with Crippen molar-refractivity contribution in [3.05, 3.63) is 92.7 Å². The van der Waals surface area contributed by atoms with Gasteiger partial charge in [0.15, 0.2) is 0 Å². The molecule has 3 rings (SSSR count). The van der Waals surface area contributed by atoms with E-state index >= 15 is 0 Å². The molecule has 0 radical (unpaired) electrons. The minimum atomic E-state index is -5.11. The number of hydrogen-bond acceptors (Lipinski definition) is 3. The number of alkyl halides is 6. The Kier molecular flexibility index (Phi) is 8.84. The van der Waals surface area contributed by atoms with Crippen LogP contribution >= 0.6 is 11.3 Å². The maximum Gasteiger partial charge on any atom is 0.416 e. The number of rotatable bonds is 7. The molecule has 0 atom stereocenters. The van der Waals surface area contributed by atoms with Gasteiger partial charge in [-0.05, 0) is 63.6 Å². The fourth-order valence-corrected chi connectivity index (χ4v) is 4.78. The standard InChI is InChI=1S/C28H28F6N2O2S/c1-18-10-11-23(39-18)16-35(15-19-8-6-5-7-9-19)24(37)17-36(26(2,3)4)25(38)20-12-21(27(29,30)31)14-22(13-20)28(32,33)34/h5-14H,15-17H2,1-4H3. The number of benzene rings is 2. The van der Waals surface area contributed by atoms with Gasteiger partial charge in [0.25, 0.3) is 5.91 Å². The minimum Gasteiger partial charge on any atom is -0.332 e. The molecule has 0 aliphatic rings. The van der Waals surface area contributed by atoms with Crippen LogP contribution < -0.4 is 0 Å². The predicted octanol–water partition coefficient (Wildman–Crippen LogP) is 7.56. The first-order chi connectivity index (χ1) is 17.9. The van der Waals surface area contributed by atoms with Gasteiger partial charge in [0.05, 0.1) is 17.7 Å². The fraction of sp³-hybridized carbons (Fsp3) is 0.357. The molecule has 0 aliphatic heterocycles. The summed E-state index contributed by atoms with van der Waals surface area (Å²) >= 11 is 1.49. The van der Waals surface area contributed by atoms with Crippen LogP contribution in [0.1, 0.15) is 57.6 Å². The molecular weight excluding hydrogens is 542 g/mol. The van der Waals surface area contributed by atoms with Crippen molar-refractivity contribution in [3.63, 3.8) is 0 Å². The Bertz CT molecular complexity index is 1280. The summed E-state index contributed by atoms with van der Waals surface area (Å²) in [4.78, 5) is 31.5. The molecule has 0 saturated carbocycles. The lowest BCUT2D eigenvalue weighted by Crippen LogP contribution is -2.51. The molecule has 0 spiro atoms. The lowest BCUT2D eigenvalue weighted by atomic mass is 10.00. The number of aryl methyl sites for hydroxylation is 1. The van der Waals surface area contributed by atoms with Crippen molar-refractivity contribution in [2.75, 3.05) is 6.54 Å². The van der Waals surface area contributed by atoms with Gasteiger partial charge in [-0.15, -0.1) is 11.3 Å². The summed E-state index contributed by atoms with van der Waals surface area (Å²) in [7, 11) is 0. The Balaban J connectivity index is 1.98. The summed E-state index contributed by atoms with van der Waals surface area (Å²) in [6, 6.07) is 13.6. The van der Waals surface area contributed by atoms with Gasteiger partial charge in [-0.1, -0.05) is 30.3 Å². The van der Waals surface area contributed by atoms with Crippen LogP contribution in [0.3, 0.4) is 0 Å². The quantitative estimate of drug-likeness (QED) is 0.275. The van der Waals surface area contributed by atoms with E-state index < -0.39 is 52.9 Å². The SMILES string of the molecule is Cc1ccc(CN(Cc2ccccc2)C(=O)CN(C(=O)c2cc(C(F)(F)F)cc(C(F)(F)F)c2)C(C)(C)C)s1. The van der Waals surface area contributed by atoms with Crippen molar-refractivity contribution in [2.24, 2.45) is 0 Å². The summed E-state index contributed by atoms with van der Waals surface area (Å²) in [5, 5.41) is 0. The van der Waals surface area contributed by atoms with Crippen molar-refractivity contribution in [1.82, 2.24) is 9.80 Å². The van der Waals surface area contributed by atoms with Crippen molar-refractivity contribution in [1.29, 1.82) is 0 Å². The average molecular weight is 571 g/mol. The molecule has 2 aromatic carbocycles. The molecule has 2 amide bonds. The van der Waals surface area contributed by atoms with Crippen LogP contribution in [-0.4, -0.2) is 33.7 Å². The number of carbonyl (C=O) groups excluding carboxylic acids is 2. The number of carbonyl (C=O) groups is 2. The molecule has 0 saturated heterocycles. The molecule has 0 unspecified atom stereocenters. The van der Waals surface area contributed by atoms with E-state index in [1.807, 2.05) is 49.4 Å². The first-order valence-electron chi connectivity index (χ1n) is 11.9. The first-order valence-corrected chi connectivity index (χ1v) is 12.8. The molecule has 4 nitrogen and oxygen atoms in total. The third-order valence-corrected chi connectivity index (χ3v) is 6.88. The zero-order valence-electron chi connectivity index (χ0n) is 21.8. The predicted molar refractivity (Wildman–Crippen MR) is 137 cm³/mol. The van der Waals surface area contributed by atoms with E-state index in [9.17, 15) is 35.9 Å². The highest BCUT2D eigenvalue weighted by atomic mass is 32.1. The van der Waals surface area contributed by atoms with Gasteiger partial charge in [-0.25, -0.2) is 0 Å². The summed E-state index contributed by atoms with van der Waals surface area (Å²) in [5.74, 6) is -1.62. The third-order valence-electron chi connectivity index (χ3n) is 5.89. The fourth-order valence-electron chi connectivity index (χ4n) is 3.88. The van der Waals surface area contributed by atoms with E-state index in [-0.39, 0.29) is 19.2 Å². The molecular formula is C28H28F6N2O2S. The number of hydrogen-bond donors (Lipinski definition) is 0. The van der Waals surface area contributed by atoms with Gasteiger partial charge < -0.3 is 9.80 Å². The molecule has 1 aromatic heterocycles. The van der Waals surface area contributed by atoms with Crippen molar-refractivity contribution in [3.8, 4) is 0 Å². The second-order valence-corrected chi connectivity index (χ2v) is 11.5. The molecule has 0 aliphatic carbocycles. The lowest BCUT2D eigenvalue weighted by Gasteiger charge is -2.37. The molecule has 0 N–H and O–H groups in total. The highest BCUT2D eigenvalue weighted by molar-refractivity contribution is 7.11. The van der Waals surface area contributed by atoms with Crippen molar-refractivity contribution >= 4 is 23.2 Å². The van der Waals surface area contributed by atoms with Gasteiger partial charge in [0, 0.05) is 27.4 Å². The molecule has 3 aromatic rings. The Morgan fingerprint density at radius 2 is 1.36 bits per heavy atom. The van der Waals surface area contributed by atoms with Gasteiger partial charge >= 0.3 is 12.4 Å². The maximum atomic E-state index is 13.6. The number of thiophene rings is 1. The Morgan fingerprint density at radius 3 is 1.82 bits per heavy atom. The van der Waals surface area contributed by atoms with E-state index in [2.05, 4.69) is 0 Å². The molecule has 1 heterocycles. The second-order valence-electron chi connectivity index (χ2n) is 10.1.